The second-order valence-corrected chi connectivity index (χ2v) is 7.77. The van der Waals surface area contributed by atoms with Gasteiger partial charge in [-0.2, -0.15) is 0 Å². The highest BCUT2D eigenvalue weighted by molar-refractivity contribution is 6.36. The molecule has 1 aromatic heterocycles. The van der Waals surface area contributed by atoms with Gasteiger partial charge in [0.1, 0.15) is 11.5 Å². The number of aryl methyl sites for hydroxylation is 4. The summed E-state index contributed by atoms with van der Waals surface area (Å²) in [5, 5.41) is 3.23. The van der Waals surface area contributed by atoms with Gasteiger partial charge in [0.05, 0.1) is 18.4 Å². The van der Waals surface area contributed by atoms with Crippen molar-refractivity contribution >= 4 is 23.1 Å². The molecule has 0 fully saturated rings. The first-order chi connectivity index (χ1) is 14.3. The van der Waals surface area contributed by atoms with Crippen LogP contribution in [-0.4, -0.2) is 16.7 Å². The number of benzene rings is 2. The highest BCUT2D eigenvalue weighted by atomic mass is 16.3. The van der Waals surface area contributed by atoms with Crippen molar-refractivity contribution in [2.75, 3.05) is 5.32 Å². The molecule has 4 rings (SSSR count). The summed E-state index contributed by atoms with van der Waals surface area (Å²) in [5.74, 6) is -0.122. The fraction of sp³-hybridized carbons (Fsp3) is 0.200. The molecule has 30 heavy (non-hydrogen) atoms. The van der Waals surface area contributed by atoms with Crippen molar-refractivity contribution in [1.82, 2.24) is 4.90 Å². The first-order valence-electron chi connectivity index (χ1n) is 9.90. The lowest BCUT2D eigenvalue weighted by atomic mass is 9.97. The van der Waals surface area contributed by atoms with Gasteiger partial charge in [-0.25, -0.2) is 0 Å². The van der Waals surface area contributed by atoms with Crippen molar-refractivity contribution in [3.05, 3.63) is 94.1 Å². The Labute approximate surface area is 176 Å². The van der Waals surface area contributed by atoms with E-state index in [1.165, 1.54) is 11.2 Å². The molecule has 1 N–H and O–H groups in total. The predicted octanol–water partition coefficient (Wildman–Crippen LogP) is 4.91. The number of anilines is 1. The largest absolute Gasteiger partial charge is 0.467 e. The fourth-order valence-corrected chi connectivity index (χ4v) is 3.70. The minimum atomic E-state index is -0.357. The van der Waals surface area contributed by atoms with E-state index in [1.807, 2.05) is 64.1 Å². The second kappa shape index (κ2) is 7.67. The van der Waals surface area contributed by atoms with Gasteiger partial charge in [0.2, 0.25) is 0 Å². The molecule has 5 heteroatoms. The van der Waals surface area contributed by atoms with E-state index in [-0.39, 0.29) is 18.4 Å². The van der Waals surface area contributed by atoms with E-state index in [4.69, 9.17) is 4.42 Å². The molecule has 2 heterocycles. The van der Waals surface area contributed by atoms with Crippen LogP contribution in [0.2, 0.25) is 0 Å². The molecule has 5 nitrogen and oxygen atoms in total. The number of hydrogen-bond acceptors (Lipinski definition) is 4. The summed E-state index contributed by atoms with van der Waals surface area (Å²) >= 11 is 0. The molecule has 1 aliphatic rings. The van der Waals surface area contributed by atoms with Crippen LogP contribution < -0.4 is 5.32 Å². The van der Waals surface area contributed by atoms with Gasteiger partial charge in [-0.15, -0.1) is 0 Å². The van der Waals surface area contributed by atoms with E-state index in [2.05, 4.69) is 5.32 Å². The molecule has 0 unspecified atom stereocenters. The van der Waals surface area contributed by atoms with Crippen molar-refractivity contribution in [3.63, 3.8) is 0 Å². The van der Waals surface area contributed by atoms with Crippen molar-refractivity contribution in [2.45, 2.75) is 34.2 Å². The predicted molar refractivity (Wildman–Crippen MR) is 117 cm³/mol. The summed E-state index contributed by atoms with van der Waals surface area (Å²) in [6.45, 7) is 8.11. The quantitative estimate of drug-likeness (QED) is 0.619. The van der Waals surface area contributed by atoms with Gasteiger partial charge >= 0.3 is 0 Å². The van der Waals surface area contributed by atoms with E-state index in [9.17, 15) is 9.59 Å². The van der Waals surface area contributed by atoms with Gasteiger partial charge in [0.25, 0.3) is 11.8 Å². The van der Waals surface area contributed by atoms with Gasteiger partial charge < -0.3 is 9.73 Å². The van der Waals surface area contributed by atoms with Crippen LogP contribution in [0.5, 0.6) is 0 Å². The molecule has 2 amide bonds. The zero-order valence-corrected chi connectivity index (χ0v) is 17.6. The molecule has 0 aliphatic carbocycles. The van der Waals surface area contributed by atoms with Crippen LogP contribution >= 0.6 is 0 Å². The number of furan rings is 1. The minimum Gasteiger partial charge on any atom is -0.467 e. The topological polar surface area (TPSA) is 62.6 Å². The van der Waals surface area contributed by atoms with E-state index in [0.717, 1.165) is 33.5 Å². The Balaban J connectivity index is 1.80. The molecule has 0 atom stereocenters. The van der Waals surface area contributed by atoms with Gasteiger partial charge in [0, 0.05) is 5.69 Å². The molecule has 0 bridgehead atoms. The third-order valence-electron chi connectivity index (χ3n) is 5.49. The lowest BCUT2D eigenvalue weighted by Crippen LogP contribution is -2.31. The van der Waals surface area contributed by atoms with Crippen molar-refractivity contribution in [3.8, 4) is 0 Å². The SMILES string of the molecule is Cc1ccc(C2=C(Nc3ccc(C)c(C)c3)C(=O)N(Cc3ccco3)C2=O)c(C)c1. The van der Waals surface area contributed by atoms with E-state index < -0.39 is 0 Å². The lowest BCUT2D eigenvalue weighted by molar-refractivity contribution is -0.137. The molecular weight excluding hydrogens is 376 g/mol. The molecular formula is C25H24N2O3. The third kappa shape index (κ3) is 3.54. The summed E-state index contributed by atoms with van der Waals surface area (Å²) < 4.78 is 5.37. The van der Waals surface area contributed by atoms with Crippen molar-refractivity contribution < 1.29 is 14.0 Å². The smallest absolute Gasteiger partial charge is 0.278 e. The monoisotopic (exact) mass is 400 g/mol. The number of nitrogens with one attached hydrogen (secondary N) is 1. The first-order valence-corrected chi connectivity index (χ1v) is 9.90. The molecule has 0 saturated heterocycles. The van der Waals surface area contributed by atoms with Crippen molar-refractivity contribution in [2.24, 2.45) is 0 Å². The van der Waals surface area contributed by atoms with Crippen LogP contribution in [0.1, 0.15) is 33.6 Å². The maximum atomic E-state index is 13.4. The first kappa shape index (κ1) is 19.7. The summed E-state index contributed by atoms with van der Waals surface area (Å²) in [5.41, 5.74) is 6.54. The summed E-state index contributed by atoms with van der Waals surface area (Å²) in [6, 6.07) is 15.3. The Hall–Kier alpha value is -3.60. The molecule has 1 aliphatic heterocycles. The maximum absolute atomic E-state index is 13.4. The Morgan fingerprint density at radius 1 is 0.867 bits per heavy atom. The molecule has 0 saturated carbocycles. The van der Waals surface area contributed by atoms with E-state index in [0.29, 0.717) is 17.0 Å². The Morgan fingerprint density at radius 3 is 2.33 bits per heavy atom. The number of imide groups is 1. The third-order valence-corrected chi connectivity index (χ3v) is 5.49. The number of nitrogens with zero attached hydrogens (tertiary/aromatic N) is 1. The summed E-state index contributed by atoms with van der Waals surface area (Å²) in [4.78, 5) is 27.9. The van der Waals surface area contributed by atoms with Crippen molar-refractivity contribution in [1.29, 1.82) is 0 Å². The highest BCUT2D eigenvalue weighted by Crippen LogP contribution is 2.33. The standard InChI is InChI=1S/C25H24N2O3/c1-15-7-10-21(18(4)12-15)22-23(26-19-9-8-16(2)17(3)13-19)25(29)27(24(22)28)14-20-6-5-11-30-20/h5-13,26H,14H2,1-4H3. The zero-order valence-electron chi connectivity index (χ0n) is 17.6. The average Bonchev–Trinajstić information content (AvgIpc) is 3.29. The fourth-order valence-electron chi connectivity index (χ4n) is 3.70. The normalized spacial score (nSPS) is 14.1. The number of hydrogen-bond donors (Lipinski definition) is 1. The van der Waals surface area contributed by atoms with Gasteiger partial charge in [-0.1, -0.05) is 29.8 Å². The number of rotatable bonds is 5. The number of carbonyl (C=O) groups excluding carboxylic acids is 2. The van der Waals surface area contributed by atoms with Crippen LogP contribution in [0.4, 0.5) is 5.69 Å². The number of amides is 2. The van der Waals surface area contributed by atoms with Crippen LogP contribution in [0.25, 0.3) is 5.57 Å². The lowest BCUT2D eigenvalue weighted by Gasteiger charge is -2.14. The molecule has 3 aromatic rings. The molecule has 0 radical (unpaired) electrons. The molecule has 0 spiro atoms. The summed E-state index contributed by atoms with van der Waals surface area (Å²) in [7, 11) is 0. The van der Waals surface area contributed by atoms with E-state index in [1.54, 1.807) is 12.1 Å². The molecule has 152 valence electrons. The Morgan fingerprint density at radius 2 is 1.67 bits per heavy atom. The summed E-state index contributed by atoms with van der Waals surface area (Å²) in [6.07, 6.45) is 1.53. The minimum absolute atomic E-state index is 0.0944. The highest BCUT2D eigenvalue weighted by Gasteiger charge is 2.40. The maximum Gasteiger partial charge on any atom is 0.278 e. The number of carbonyl (C=O) groups is 2. The Kier molecular flexibility index (Phi) is 5.04. The van der Waals surface area contributed by atoms with Crippen LogP contribution in [0.15, 0.2) is 64.9 Å². The van der Waals surface area contributed by atoms with Crippen LogP contribution in [0.3, 0.4) is 0 Å². The van der Waals surface area contributed by atoms with Gasteiger partial charge in [0.15, 0.2) is 0 Å². The van der Waals surface area contributed by atoms with E-state index >= 15 is 0 Å². The Bertz CT molecular complexity index is 1170. The molecule has 2 aromatic carbocycles. The van der Waals surface area contributed by atoms with Crippen LogP contribution in [0, 0.1) is 27.7 Å². The zero-order chi connectivity index (χ0) is 21.4. The average molecular weight is 400 g/mol. The van der Waals surface area contributed by atoms with Gasteiger partial charge in [-0.3, -0.25) is 14.5 Å². The van der Waals surface area contributed by atoms with Crippen LogP contribution in [-0.2, 0) is 16.1 Å². The second-order valence-electron chi connectivity index (χ2n) is 7.77. The van der Waals surface area contributed by atoms with Gasteiger partial charge in [-0.05, 0) is 74.2 Å².